The molecule has 0 saturated heterocycles. The first-order valence-corrected chi connectivity index (χ1v) is 16.5. The molecule has 0 aliphatic carbocycles. The minimum absolute atomic E-state index is 0.0210. The van der Waals surface area contributed by atoms with E-state index in [4.69, 9.17) is 20.8 Å². The highest BCUT2D eigenvalue weighted by Crippen LogP contribution is 2.38. The van der Waals surface area contributed by atoms with E-state index >= 15 is 4.39 Å². The number of hydrogen-bond donors (Lipinski definition) is 0. The summed E-state index contributed by atoms with van der Waals surface area (Å²) in [4.78, 5) is 26.3. The fourth-order valence-electron chi connectivity index (χ4n) is 4.17. The van der Waals surface area contributed by atoms with Crippen LogP contribution in [0, 0.1) is 17.6 Å². The minimum Gasteiger partial charge on any atom is -0.462 e. The number of fused-ring (bicyclic) bond motifs is 1. The molecule has 1 aromatic heterocycles. The predicted molar refractivity (Wildman–Crippen MR) is 155 cm³/mol. The monoisotopic (exact) mass is 577 g/mol. The van der Waals surface area contributed by atoms with E-state index < -0.39 is 31.3 Å². The molecule has 212 valence electrons. The summed E-state index contributed by atoms with van der Waals surface area (Å²) < 4.78 is 43.6. The van der Waals surface area contributed by atoms with Crippen molar-refractivity contribution in [1.29, 1.82) is 0 Å². The van der Waals surface area contributed by atoms with Gasteiger partial charge in [-0.25, -0.2) is 13.6 Å². The molecule has 2 aromatic carbocycles. The lowest BCUT2D eigenvalue weighted by Crippen LogP contribution is -2.42. The van der Waals surface area contributed by atoms with Crippen LogP contribution in [0.1, 0.15) is 69.1 Å². The molecular weight excluding hydrogens is 540 g/mol. The lowest BCUT2D eigenvalue weighted by Gasteiger charge is -2.38. The maximum Gasteiger partial charge on any atom is 0.343 e. The van der Waals surface area contributed by atoms with Crippen molar-refractivity contribution in [2.24, 2.45) is 5.92 Å². The first-order valence-electron chi connectivity index (χ1n) is 13.2. The molecule has 0 fully saturated rings. The van der Waals surface area contributed by atoms with Gasteiger partial charge in [-0.1, -0.05) is 58.4 Å². The topological polar surface area (TPSA) is 57.5 Å². The Morgan fingerprint density at radius 2 is 1.79 bits per heavy atom. The van der Waals surface area contributed by atoms with E-state index in [9.17, 15) is 14.0 Å². The van der Waals surface area contributed by atoms with Crippen LogP contribution < -0.4 is 5.43 Å². The molecule has 0 aliphatic heterocycles. The van der Waals surface area contributed by atoms with Crippen LogP contribution in [0.2, 0.25) is 23.2 Å². The summed E-state index contributed by atoms with van der Waals surface area (Å²) in [6.07, 6.45) is 1.34. The van der Waals surface area contributed by atoms with Gasteiger partial charge in [-0.3, -0.25) is 4.79 Å². The number of carbonyl (C=O) groups is 1. The van der Waals surface area contributed by atoms with E-state index in [1.54, 1.807) is 17.6 Å². The standard InChI is InChI=1S/C30H38ClF2NO4Si/c1-9-37-29(36)22-16-34(26(18(2)3)17-38-39(7,8)30(4,5)6)25-15-24(32)20(14-21(25)28(22)35)13-19-11-10-12-23(31)27(19)33/h10-12,14-16,18,26H,9,13,17H2,1-8H3/t26-/m0/s1. The van der Waals surface area contributed by atoms with Crippen LogP contribution in [0.3, 0.4) is 0 Å². The second-order valence-corrected chi connectivity index (χ2v) is 16.9. The Morgan fingerprint density at radius 1 is 1.13 bits per heavy atom. The van der Waals surface area contributed by atoms with Crippen molar-refractivity contribution in [2.45, 2.75) is 72.1 Å². The summed E-state index contributed by atoms with van der Waals surface area (Å²) >= 11 is 5.92. The molecule has 39 heavy (non-hydrogen) atoms. The molecule has 5 nitrogen and oxygen atoms in total. The van der Waals surface area contributed by atoms with E-state index in [0.717, 1.165) is 0 Å². The van der Waals surface area contributed by atoms with Crippen molar-refractivity contribution in [3.05, 3.63) is 80.1 Å². The van der Waals surface area contributed by atoms with Crippen LogP contribution in [0.4, 0.5) is 8.78 Å². The summed E-state index contributed by atoms with van der Waals surface area (Å²) in [5.74, 6) is -1.96. The molecule has 0 aliphatic rings. The van der Waals surface area contributed by atoms with Gasteiger partial charge in [0.1, 0.15) is 17.2 Å². The first-order chi connectivity index (χ1) is 18.1. The average Bonchev–Trinajstić information content (AvgIpc) is 2.83. The summed E-state index contributed by atoms with van der Waals surface area (Å²) in [7, 11) is -2.13. The number of halogens is 3. The van der Waals surface area contributed by atoms with Gasteiger partial charge >= 0.3 is 5.97 Å². The number of ether oxygens (including phenoxy) is 1. The fraction of sp³-hybridized carbons (Fsp3) is 0.467. The second kappa shape index (κ2) is 11.9. The van der Waals surface area contributed by atoms with Gasteiger partial charge in [-0.2, -0.15) is 0 Å². The molecular formula is C30H38ClF2NO4Si. The molecule has 0 radical (unpaired) electrons. The first kappa shape index (κ1) is 31.0. The van der Waals surface area contributed by atoms with E-state index in [1.165, 1.54) is 30.5 Å². The van der Waals surface area contributed by atoms with Crippen LogP contribution in [0.15, 0.2) is 41.3 Å². The summed E-state index contributed by atoms with van der Waals surface area (Å²) in [6.45, 7) is 16.9. The molecule has 1 atom stereocenters. The van der Waals surface area contributed by atoms with Gasteiger partial charge in [0, 0.05) is 18.0 Å². The molecule has 3 rings (SSSR count). The molecule has 3 aromatic rings. The van der Waals surface area contributed by atoms with Crippen molar-refractivity contribution in [3.8, 4) is 0 Å². The highest BCUT2D eigenvalue weighted by Gasteiger charge is 2.38. The highest BCUT2D eigenvalue weighted by molar-refractivity contribution is 6.74. The van der Waals surface area contributed by atoms with E-state index in [2.05, 4.69) is 33.9 Å². The Bertz CT molecular complexity index is 1430. The quantitative estimate of drug-likeness (QED) is 0.191. The third-order valence-corrected chi connectivity index (χ3v) is 12.4. The number of aromatic nitrogens is 1. The number of esters is 1. The Hall–Kier alpha value is -2.55. The molecule has 0 N–H and O–H groups in total. The predicted octanol–water partition coefficient (Wildman–Crippen LogP) is 7.92. The van der Waals surface area contributed by atoms with Gasteiger partial charge in [0.05, 0.1) is 29.8 Å². The molecule has 0 amide bonds. The Balaban J connectivity index is 2.23. The summed E-state index contributed by atoms with van der Waals surface area (Å²) in [5, 5.41) is 0.0619. The molecule has 0 saturated carbocycles. The number of pyridine rings is 1. The van der Waals surface area contributed by atoms with Crippen LogP contribution in [0.25, 0.3) is 10.9 Å². The van der Waals surface area contributed by atoms with E-state index in [0.29, 0.717) is 12.1 Å². The van der Waals surface area contributed by atoms with Crippen LogP contribution in [-0.2, 0) is 15.6 Å². The van der Waals surface area contributed by atoms with Crippen LogP contribution >= 0.6 is 11.6 Å². The Labute approximate surface area is 235 Å². The van der Waals surface area contributed by atoms with Crippen molar-refractivity contribution >= 4 is 36.8 Å². The summed E-state index contributed by atoms with van der Waals surface area (Å²) in [5.41, 5.74) is -0.0649. The number of benzene rings is 2. The van der Waals surface area contributed by atoms with Crippen molar-refractivity contribution < 1.29 is 22.7 Å². The van der Waals surface area contributed by atoms with E-state index in [1.807, 2.05) is 13.8 Å². The third kappa shape index (κ3) is 6.61. The summed E-state index contributed by atoms with van der Waals surface area (Å²) in [6, 6.07) is 6.90. The van der Waals surface area contributed by atoms with Gasteiger partial charge in [-0.15, -0.1) is 0 Å². The minimum atomic E-state index is -2.13. The fourth-order valence-corrected chi connectivity index (χ4v) is 5.39. The van der Waals surface area contributed by atoms with Gasteiger partial charge in [0.2, 0.25) is 5.43 Å². The van der Waals surface area contributed by atoms with Crippen molar-refractivity contribution in [3.63, 3.8) is 0 Å². The largest absolute Gasteiger partial charge is 0.462 e. The SMILES string of the molecule is CCOC(=O)c1cn([C@@H](CO[Si](C)(C)C(C)(C)C)C(C)C)c2cc(F)c(Cc3cccc(Cl)c3F)cc2c1=O. The van der Waals surface area contributed by atoms with Crippen LogP contribution in [0.5, 0.6) is 0 Å². The van der Waals surface area contributed by atoms with Crippen molar-refractivity contribution in [1.82, 2.24) is 4.57 Å². The average molecular weight is 578 g/mol. The molecule has 0 unspecified atom stereocenters. The normalized spacial score (nSPS) is 13.2. The van der Waals surface area contributed by atoms with Crippen LogP contribution in [-0.4, -0.2) is 32.1 Å². The second-order valence-electron chi connectivity index (χ2n) is 11.7. The third-order valence-electron chi connectivity index (χ3n) is 7.66. The molecule has 1 heterocycles. The smallest absolute Gasteiger partial charge is 0.343 e. The number of rotatable bonds is 9. The van der Waals surface area contributed by atoms with Gasteiger partial charge < -0.3 is 13.7 Å². The number of nitrogens with zero attached hydrogens (tertiary/aromatic N) is 1. The van der Waals surface area contributed by atoms with E-state index in [-0.39, 0.29) is 57.1 Å². The molecule has 0 bridgehead atoms. The lowest BCUT2D eigenvalue weighted by atomic mass is 9.99. The highest BCUT2D eigenvalue weighted by atomic mass is 35.5. The Morgan fingerprint density at radius 3 is 2.38 bits per heavy atom. The van der Waals surface area contributed by atoms with Gasteiger partial charge in [-0.05, 0) is 60.3 Å². The maximum atomic E-state index is 15.5. The molecule has 0 spiro atoms. The zero-order chi connectivity index (χ0) is 29.3. The Kier molecular flexibility index (Phi) is 9.45. The zero-order valence-electron chi connectivity index (χ0n) is 24.0. The van der Waals surface area contributed by atoms with Gasteiger partial charge in [0.15, 0.2) is 8.32 Å². The van der Waals surface area contributed by atoms with Gasteiger partial charge in [0.25, 0.3) is 0 Å². The lowest BCUT2D eigenvalue weighted by molar-refractivity contribution is 0.0523. The molecule has 9 heteroatoms. The maximum absolute atomic E-state index is 15.5. The number of carbonyl (C=O) groups excluding carboxylic acids is 1. The zero-order valence-corrected chi connectivity index (χ0v) is 25.7. The van der Waals surface area contributed by atoms with Crippen molar-refractivity contribution in [2.75, 3.05) is 13.2 Å². The number of hydrogen-bond acceptors (Lipinski definition) is 4.